The number of aryl methyl sites for hydroxylation is 1. The minimum absolute atomic E-state index is 0.0534. The largest absolute Gasteiger partial charge is 0.468 e. The topological polar surface area (TPSA) is 125 Å². The number of alkyl halides is 3. The van der Waals surface area contributed by atoms with Crippen molar-refractivity contribution < 1.29 is 27.5 Å². The van der Waals surface area contributed by atoms with Crippen LogP contribution < -0.4 is 15.8 Å². The van der Waals surface area contributed by atoms with Crippen molar-refractivity contribution in [2.24, 2.45) is 5.73 Å². The molecule has 0 spiro atoms. The first-order valence-corrected chi connectivity index (χ1v) is 9.12. The van der Waals surface area contributed by atoms with Gasteiger partial charge in [-0.05, 0) is 24.6 Å². The van der Waals surface area contributed by atoms with E-state index in [2.05, 4.69) is 20.4 Å². The van der Waals surface area contributed by atoms with Crippen LogP contribution in [0.1, 0.15) is 16.8 Å². The Balaban J connectivity index is 1.73. The summed E-state index contributed by atoms with van der Waals surface area (Å²) in [5.74, 6) is -1.13. The minimum Gasteiger partial charge on any atom is -0.468 e. The van der Waals surface area contributed by atoms with E-state index >= 15 is 0 Å². The van der Waals surface area contributed by atoms with E-state index in [4.69, 9.17) is 10.5 Å². The molecule has 12 heteroatoms. The standard InChI is InChI=1S/C19H19F3N6O3/c1-11-4-12(6-26-18(11)31-10-19(20,21)22)8-28-9-13-14(27-28)2-3-24-15(13)5-17(30)25-7-16(23)29/h2-4,6,9H,5,7-8,10H2,1H3,(H2,23,29)(H,25,30). The number of primary amides is 1. The van der Waals surface area contributed by atoms with E-state index in [1.807, 2.05) is 0 Å². The van der Waals surface area contributed by atoms with Gasteiger partial charge in [0, 0.05) is 29.5 Å². The van der Waals surface area contributed by atoms with Crippen LogP contribution in [0.3, 0.4) is 0 Å². The molecule has 0 atom stereocenters. The summed E-state index contributed by atoms with van der Waals surface area (Å²) in [6.07, 6.45) is 0.158. The van der Waals surface area contributed by atoms with Crippen molar-refractivity contribution in [3.05, 3.63) is 47.5 Å². The van der Waals surface area contributed by atoms with Crippen molar-refractivity contribution in [1.29, 1.82) is 0 Å². The number of nitrogens with one attached hydrogen (secondary N) is 1. The molecule has 0 saturated heterocycles. The number of hydrogen-bond donors (Lipinski definition) is 2. The highest BCUT2D eigenvalue weighted by Crippen LogP contribution is 2.21. The van der Waals surface area contributed by atoms with E-state index in [-0.39, 0.29) is 18.8 Å². The van der Waals surface area contributed by atoms with E-state index in [9.17, 15) is 22.8 Å². The lowest BCUT2D eigenvalue weighted by atomic mass is 10.2. The molecule has 3 rings (SSSR count). The van der Waals surface area contributed by atoms with Gasteiger partial charge < -0.3 is 15.8 Å². The third-order valence-corrected chi connectivity index (χ3v) is 4.16. The number of carbonyl (C=O) groups excluding carboxylic acids is 2. The Kier molecular flexibility index (Phi) is 6.37. The van der Waals surface area contributed by atoms with Gasteiger partial charge in [-0.1, -0.05) is 0 Å². The quantitative estimate of drug-likeness (QED) is 0.548. The maximum Gasteiger partial charge on any atom is 0.422 e. The van der Waals surface area contributed by atoms with Crippen LogP contribution in [0.5, 0.6) is 5.88 Å². The Hall–Kier alpha value is -3.70. The lowest BCUT2D eigenvalue weighted by Crippen LogP contribution is -2.34. The Morgan fingerprint density at radius 2 is 2.06 bits per heavy atom. The van der Waals surface area contributed by atoms with Gasteiger partial charge in [-0.2, -0.15) is 18.3 Å². The summed E-state index contributed by atoms with van der Waals surface area (Å²) in [5.41, 5.74) is 7.28. The number of nitrogens with two attached hydrogens (primary N) is 1. The summed E-state index contributed by atoms with van der Waals surface area (Å²) < 4.78 is 43.3. The van der Waals surface area contributed by atoms with E-state index in [0.717, 1.165) is 0 Å². The van der Waals surface area contributed by atoms with Gasteiger partial charge in [0.15, 0.2) is 6.61 Å². The van der Waals surface area contributed by atoms with Crippen LogP contribution in [0.15, 0.2) is 30.7 Å². The first-order valence-electron chi connectivity index (χ1n) is 9.12. The van der Waals surface area contributed by atoms with E-state index in [1.165, 1.54) is 12.4 Å². The van der Waals surface area contributed by atoms with Gasteiger partial charge in [-0.15, -0.1) is 0 Å². The predicted molar refractivity (Wildman–Crippen MR) is 103 cm³/mol. The maximum atomic E-state index is 12.3. The molecule has 0 aromatic carbocycles. The zero-order valence-electron chi connectivity index (χ0n) is 16.4. The highest BCUT2D eigenvalue weighted by Gasteiger charge is 2.29. The van der Waals surface area contributed by atoms with Gasteiger partial charge in [0.1, 0.15) is 0 Å². The lowest BCUT2D eigenvalue weighted by molar-refractivity contribution is -0.154. The number of rotatable bonds is 8. The van der Waals surface area contributed by atoms with Crippen LogP contribution >= 0.6 is 0 Å². The molecule has 0 aliphatic carbocycles. The van der Waals surface area contributed by atoms with Gasteiger partial charge in [0.25, 0.3) is 0 Å². The zero-order chi connectivity index (χ0) is 22.6. The normalized spacial score (nSPS) is 11.5. The Morgan fingerprint density at radius 3 is 2.74 bits per heavy atom. The van der Waals surface area contributed by atoms with E-state index in [0.29, 0.717) is 34.3 Å². The summed E-state index contributed by atoms with van der Waals surface area (Å²) >= 11 is 0. The zero-order valence-corrected chi connectivity index (χ0v) is 16.4. The number of amides is 2. The second kappa shape index (κ2) is 8.98. The van der Waals surface area contributed by atoms with Crippen molar-refractivity contribution in [3.8, 4) is 5.88 Å². The first-order chi connectivity index (χ1) is 14.6. The number of aromatic nitrogens is 4. The van der Waals surface area contributed by atoms with Gasteiger partial charge in [-0.3, -0.25) is 19.3 Å². The highest BCUT2D eigenvalue weighted by atomic mass is 19.4. The van der Waals surface area contributed by atoms with Crippen LogP contribution in [0.4, 0.5) is 13.2 Å². The molecule has 3 N–H and O–H groups in total. The molecule has 3 heterocycles. The third kappa shape index (κ3) is 6.14. The fourth-order valence-corrected chi connectivity index (χ4v) is 2.87. The number of carbonyl (C=O) groups is 2. The van der Waals surface area contributed by atoms with Gasteiger partial charge in [0.2, 0.25) is 17.7 Å². The summed E-state index contributed by atoms with van der Waals surface area (Å²) in [6.45, 7) is 0.237. The molecule has 2 amide bonds. The minimum atomic E-state index is -4.44. The average molecular weight is 436 g/mol. The summed E-state index contributed by atoms with van der Waals surface area (Å²) in [6, 6.07) is 3.36. The summed E-state index contributed by atoms with van der Waals surface area (Å²) in [7, 11) is 0. The molecule has 0 saturated carbocycles. The van der Waals surface area contributed by atoms with Crippen molar-refractivity contribution in [3.63, 3.8) is 0 Å². The van der Waals surface area contributed by atoms with Crippen molar-refractivity contribution in [2.45, 2.75) is 26.1 Å². The fourth-order valence-electron chi connectivity index (χ4n) is 2.87. The van der Waals surface area contributed by atoms with Gasteiger partial charge >= 0.3 is 6.18 Å². The van der Waals surface area contributed by atoms with Crippen LogP contribution in [0.25, 0.3) is 10.9 Å². The van der Waals surface area contributed by atoms with Crippen molar-refractivity contribution in [1.82, 2.24) is 25.1 Å². The summed E-state index contributed by atoms with van der Waals surface area (Å²) in [5, 5.41) is 7.49. The lowest BCUT2D eigenvalue weighted by Gasteiger charge is -2.11. The molecule has 3 aromatic rings. The second-order valence-corrected chi connectivity index (χ2v) is 6.81. The molecular weight excluding hydrogens is 417 g/mol. The molecule has 164 valence electrons. The number of hydrogen-bond acceptors (Lipinski definition) is 6. The average Bonchev–Trinajstić information content (AvgIpc) is 3.08. The van der Waals surface area contributed by atoms with Crippen LogP contribution in [-0.4, -0.2) is 50.9 Å². The molecule has 0 radical (unpaired) electrons. The third-order valence-electron chi connectivity index (χ3n) is 4.16. The fraction of sp³-hybridized carbons (Fsp3) is 0.316. The number of ether oxygens (including phenoxy) is 1. The Morgan fingerprint density at radius 1 is 1.29 bits per heavy atom. The second-order valence-electron chi connectivity index (χ2n) is 6.81. The van der Waals surface area contributed by atoms with Crippen molar-refractivity contribution >= 4 is 22.7 Å². The molecule has 3 aromatic heterocycles. The smallest absolute Gasteiger partial charge is 0.422 e. The molecular formula is C19H19F3N6O3. The molecule has 0 bridgehead atoms. The number of halogens is 3. The molecule has 0 aliphatic heterocycles. The van der Waals surface area contributed by atoms with Gasteiger partial charge in [-0.25, -0.2) is 4.98 Å². The monoisotopic (exact) mass is 436 g/mol. The Labute approximate surface area is 174 Å². The predicted octanol–water partition coefficient (Wildman–Crippen LogP) is 1.27. The van der Waals surface area contributed by atoms with Crippen LogP contribution in [-0.2, 0) is 22.6 Å². The first kappa shape index (κ1) is 22.0. The van der Waals surface area contributed by atoms with E-state index < -0.39 is 24.6 Å². The molecule has 0 unspecified atom stereocenters. The van der Waals surface area contributed by atoms with Crippen LogP contribution in [0, 0.1) is 6.92 Å². The number of nitrogens with zero attached hydrogens (tertiary/aromatic N) is 4. The van der Waals surface area contributed by atoms with E-state index in [1.54, 1.807) is 29.9 Å². The highest BCUT2D eigenvalue weighted by molar-refractivity contribution is 5.88. The van der Waals surface area contributed by atoms with Crippen LogP contribution in [0.2, 0.25) is 0 Å². The van der Waals surface area contributed by atoms with Crippen molar-refractivity contribution in [2.75, 3.05) is 13.2 Å². The number of pyridine rings is 2. The summed E-state index contributed by atoms with van der Waals surface area (Å²) in [4.78, 5) is 30.9. The Bertz CT molecular complexity index is 1110. The molecule has 9 nitrogen and oxygen atoms in total. The number of fused-ring (bicyclic) bond motifs is 1. The van der Waals surface area contributed by atoms with Gasteiger partial charge in [0.05, 0.1) is 30.7 Å². The SMILES string of the molecule is Cc1cc(Cn2cc3c(CC(=O)NCC(N)=O)nccc3n2)cnc1OCC(F)(F)F. The maximum absolute atomic E-state index is 12.3. The molecule has 0 fully saturated rings. The molecule has 31 heavy (non-hydrogen) atoms. The molecule has 0 aliphatic rings.